The molecule has 1 aliphatic heterocycles. The van der Waals surface area contributed by atoms with Gasteiger partial charge in [-0.25, -0.2) is 4.68 Å². The highest BCUT2D eigenvalue weighted by atomic mass is 16.7. The first-order valence-corrected chi connectivity index (χ1v) is 9.02. The van der Waals surface area contributed by atoms with Crippen LogP contribution >= 0.6 is 0 Å². The predicted octanol–water partition coefficient (Wildman–Crippen LogP) is 1.18. The van der Waals surface area contributed by atoms with E-state index in [0.717, 1.165) is 31.6 Å². The fourth-order valence-corrected chi connectivity index (χ4v) is 3.75. The zero-order chi connectivity index (χ0) is 19.6. The number of likely N-dealkylation sites (N-methyl/N-ethyl adjacent to an activating group) is 1. The van der Waals surface area contributed by atoms with Crippen molar-refractivity contribution in [3.05, 3.63) is 17.7 Å². The van der Waals surface area contributed by atoms with Crippen LogP contribution in [0.1, 0.15) is 36.2 Å². The normalized spacial score (nSPS) is 20.5. The van der Waals surface area contributed by atoms with Gasteiger partial charge in [-0.05, 0) is 12.6 Å². The van der Waals surface area contributed by atoms with E-state index < -0.39 is 11.7 Å². The summed E-state index contributed by atoms with van der Waals surface area (Å²) in [5.74, 6) is -0.832. The second-order valence-corrected chi connectivity index (χ2v) is 6.76. The fourth-order valence-electron chi connectivity index (χ4n) is 3.75. The molecule has 9 nitrogen and oxygen atoms in total. The summed E-state index contributed by atoms with van der Waals surface area (Å²) in [5.41, 5.74) is 7.11. The van der Waals surface area contributed by atoms with Crippen LogP contribution in [-0.2, 0) is 9.47 Å². The molecule has 2 N–H and O–H groups in total. The van der Waals surface area contributed by atoms with E-state index in [1.165, 1.54) is 7.11 Å². The Kier molecular flexibility index (Phi) is 5.64. The molecule has 27 heavy (non-hydrogen) atoms. The van der Waals surface area contributed by atoms with E-state index in [1.807, 2.05) is 4.68 Å². The predicted molar refractivity (Wildman–Crippen MR) is 99.7 cm³/mol. The Morgan fingerprint density at radius 3 is 2.67 bits per heavy atom. The van der Waals surface area contributed by atoms with Gasteiger partial charge in [0.25, 0.3) is 5.91 Å². The highest BCUT2D eigenvalue weighted by Crippen LogP contribution is 2.34. The van der Waals surface area contributed by atoms with Crippen molar-refractivity contribution in [3.63, 3.8) is 0 Å². The molecule has 9 heteroatoms. The Labute approximate surface area is 158 Å². The number of nitrogens with zero attached hydrogens (tertiary/aromatic N) is 4. The van der Waals surface area contributed by atoms with Crippen molar-refractivity contribution in [3.8, 4) is 5.75 Å². The van der Waals surface area contributed by atoms with Crippen LogP contribution in [0, 0.1) is 0 Å². The molecule has 0 spiro atoms. The summed E-state index contributed by atoms with van der Waals surface area (Å²) in [5, 5.41) is 8.60. The number of primary amides is 1. The van der Waals surface area contributed by atoms with E-state index in [-0.39, 0.29) is 11.6 Å². The summed E-state index contributed by atoms with van der Waals surface area (Å²) in [6, 6.07) is 3.37. The molecular formula is C18H27N5O4. The third-order valence-corrected chi connectivity index (χ3v) is 5.42. The number of aromatic nitrogens is 3. The molecule has 148 valence electrons. The lowest BCUT2D eigenvalue weighted by Crippen LogP contribution is -2.36. The molecule has 1 aromatic heterocycles. The molecule has 1 aliphatic rings. The number of methoxy groups -OCH3 is 3. The molecule has 1 fully saturated rings. The number of likely N-dealkylation sites (tertiary alicyclic amines) is 1. The van der Waals surface area contributed by atoms with Crippen LogP contribution in [0.25, 0.3) is 11.0 Å². The minimum atomic E-state index is -0.676. The maximum atomic E-state index is 11.7. The zero-order valence-electron chi connectivity index (χ0n) is 16.3. The van der Waals surface area contributed by atoms with Gasteiger partial charge in [0.15, 0.2) is 5.79 Å². The quantitative estimate of drug-likeness (QED) is 0.754. The van der Waals surface area contributed by atoms with Crippen LogP contribution in [0.4, 0.5) is 0 Å². The Bertz CT molecular complexity index is 817. The maximum Gasteiger partial charge on any atom is 0.252 e. The number of carbonyl (C=O) groups excluding carboxylic acids is 1. The van der Waals surface area contributed by atoms with Gasteiger partial charge >= 0.3 is 0 Å². The lowest BCUT2D eigenvalue weighted by molar-refractivity contribution is -0.216. The Morgan fingerprint density at radius 2 is 2.07 bits per heavy atom. The average Bonchev–Trinajstić information content (AvgIpc) is 3.00. The summed E-state index contributed by atoms with van der Waals surface area (Å²) < 4.78 is 18.7. The molecule has 1 unspecified atom stereocenters. The number of fused-ring (bicyclic) bond motifs is 1. The molecule has 1 atom stereocenters. The number of nitrogens with two attached hydrogens (primary N) is 1. The first-order chi connectivity index (χ1) is 13.0. The Hall–Kier alpha value is -2.23. The molecule has 2 heterocycles. The number of hydrogen-bond acceptors (Lipinski definition) is 7. The van der Waals surface area contributed by atoms with Crippen molar-refractivity contribution >= 4 is 16.9 Å². The van der Waals surface area contributed by atoms with Gasteiger partial charge in [0, 0.05) is 46.2 Å². The molecule has 2 aromatic rings. The van der Waals surface area contributed by atoms with Gasteiger partial charge in [-0.3, -0.25) is 4.79 Å². The number of carbonyl (C=O) groups is 1. The highest BCUT2D eigenvalue weighted by Gasteiger charge is 2.38. The van der Waals surface area contributed by atoms with Crippen LogP contribution in [-0.4, -0.2) is 72.6 Å². The van der Waals surface area contributed by atoms with E-state index in [4.69, 9.17) is 19.9 Å². The Morgan fingerprint density at radius 1 is 1.33 bits per heavy atom. The summed E-state index contributed by atoms with van der Waals surface area (Å²) in [4.78, 5) is 14.0. The second kappa shape index (κ2) is 7.79. The molecule has 0 saturated carbocycles. The number of amides is 1. The van der Waals surface area contributed by atoms with Crippen LogP contribution < -0.4 is 10.5 Å². The van der Waals surface area contributed by atoms with Crippen LogP contribution in [0.3, 0.4) is 0 Å². The molecule has 1 amide bonds. The third-order valence-electron chi connectivity index (χ3n) is 5.42. The van der Waals surface area contributed by atoms with E-state index in [1.54, 1.807) is 26.4 Å². The molecule has 0 radical (unpaired) electrons. The zero-order valence-corrected chi connectivity index (χ0v) is 16.3. The van der Waals surface area contributed by atoms with Gasteiger partial charge < -0.3 is 24.8 Å². The van der Waals surface area contributed by atoms with E-state index in [9.17, 15) is 4.79 Å². The molecule has 0 bridgehead atoms. The first kappa shape index (κ1) is 19.5. The van der Waals surface area contributed by atoms with Crippen LogP contribution in [0.5, 0.6) is 5.75 Å². The summed E-state index contributed by atoms with van der Waals surface area (Å²) in [6.45, 7) is 4.72. The van der Waals surface area contributed by atoms with E-state index in [2.05, 4.69) is 22.1 Å². The molecule has 3 rings (SSSR count). The highest BCUT2D eigenvalue weighted by molar-refractivity contribution is 5.99. The van der Waals surface area contributed by atoms with Gasteiger partial charge in [0.2, 0.25) is 0 Å². The summed E-state index contributed by atoms with van der Waals surface area (Å²) in [7, 11) is 4.85. The third kappa shape index (κ3) is 3.62. The van der Waals surface area contributed by atoms with Gasteiger partial charge in [-0.2, -0.15) is 0 Å². The summed E-state index contributed by atoms with van der Waals surface area (Å²) in [6.07, 6.45) is 1.40. The molecule has 1 saturated heterocycles. The van der Waals surface area contributed by atoms with Crippen LogP contribution in [0.15, 0.2) is 12.1 Å². The number of ether oxygens (including phenoxy) is 3. The maximum absolute atomic E-state index is 11.7. The topological polar surface area (TPSA) is 105 Å². The minimum Gasteiger partial charge on any atom is -0.496 e. The SMILES string of the molecule is CCN1CCC(OC)(OC)CC(n2nnc3cc(C(N)=O)c(OC)cc32)C1. The van der Waals surface area contributed by atoms with Gasteiger partial charge in [-0.1, -0.05) is 12.1 Å². The molecule has 0 aliphatic carbocycles. The van der Waals surface area contributed by atoms with Gasteiger partial charge in [-0.15, -0.1) is 5.10 Å². The minimum absolute atomic E-state index is 0.0125. The smallest absolute Gasteiger partial charge is 0.252 e. The fraction of sp³-hybridized carbons (Fsp3) is 0.611. The van der Waals surface area contributed by atoms with Crippen molar-refractivity contribution in [1.82, 2.24) is 19.9 Å². The van der Waals surface area contributed by atoms with Gasteiger partial charge in [0.05, 0.1) is 24.2 Å². The van der Waals surface area contributed by atoms with Crippen molar-refractivity contribution in [1.29, 1.82) is 0 Å². The lowest BCUT2D eigenvalue weighted by Gasteiger charge is -2.31. The van der Waals surface area contributed by atoms with E-state index >= 15 is 0 Å². The largest absolute Gasteiger partial charge is 0.496 e. The van der Waals surface area contributed by atoms with Gasteiger partial charge in [0.1, 0.15) is 11.3 Å². The molecule has 1 aromatic carbocycles. The number of benzene rings is 1. The van der Waals surface area contributed by atoms with Crippen molar-refractivity contribution < 1.29 is 19.0 Å². The molecular weight excluding hydrogens is 350 g/mol. The lowest BCUT2D eigenvalue weighted by atomic mass is 10.0. The number of rotatable bonds is 6. The van der Waals surface area contributed by atoms with E-state index in [0.29, 0.717) is 17.7 Å². The van der Waals surface area contributed by atoms with Crippen molar-refractivity contribution in [2.75, 3.05) is 41.0 Å². The Balaban J connectivity index is 2.07. The average molecular weight is 377 g/mol. The monoisotopic (exact) mass is 377 g/mol. The summed E-state index contributed by atoms with van der Waals surface area (Å²) >= 11 is 0. The second-order valence-electron chi connectivity index (χ2n) is 6.76. The van der Waals surface area contributed by atoms with Crippen LogP contribution in [0.2, 0.25) is 0 Å². The number of hydrogen-bond donors (Lipinski definition) is 1. The first-order valence-electron chi connectivity index (χ1n) is 9.02. The van der Waals surface area contributed by atoms with Crippen molar-refractivity contribution in [2.24, 2.45) is 5.73 Å². The van der Waals surface area contributed by atoms with Crippen molar-refractivity contribution in [2.45, 2.75) is 31.6 Å². The standard InChI is InChI=1S/C18H27N5O4/c1-5-22-7-6-18(26-3,27-4)10-12(11-22)23-15-9-16(25-2)13(17(19)24)8-14(15)20-21-23/h8-9,12H,5-7,10-11H2,1-4H3,(H2,19,24).